The zero-order valence-electron chi connectivity index (χ0n) is 21.7. The zero-order valence-corrected chi connectivity index (χ0v) is 22.5. The summed E-state index contributed by atoms with van der Waals surface area (Å²) in [5, 5.41) is 9.69. The van der Waals surface area contributed by atoms with Crippen molar-refractivity contribution >= 4 is 40.6 Å². The van der Waals surface area contributed by atoms with Crippen molar-refractivity contribution in [2.75, 3.05) is 36.8 Å². The van der Waals surface area contributed by atoms with Crippen LogP contribution in [0.1, 0.15) is 39.4 Å². The minimum Gasteiger partial charge on any atom is -0.444 e. The Kier molecular flexibility index (Phi) is 10.1. The van der Waals surface area contributed by atoms with Gasteiger partial charge in [0.1, 0.15) is 23.1 Å². The Hall–Kier alpha value is -3.80. The number of hydrogen-bond acceptors (Lipinski definition) is 10. The summed E-state index contributed by atoms with van der Waals surface area (Å²) in [6.07, 6.45) is 8.06. The molecule has 1 aliphatic rings. The van der Waals surface area contributed by atoms with Crippen LogP contribution in [0, 0.1) is 6.92 Å². The molecular formula is C25H34N8O3S. The Labute approximate surface area is 221 Å². The summed E-state index contributed by atoms with van der Waals surface area (Å²) in [6.45, 7) is 10.3. The van der Waals surface area contributed by atoms with Crippen molar-refractivity contribution in [2.24, 2.45) is 0 Å². The number of hydrogen-bond donors (Lipinski definition) is 3. The normalized spacial score (nSPS) is 12.8. The Morgan fingerprint density at radius 2 is 1.84 bits per heavy atom. The van der Waals surface area contributed by atoms with Gasteiger partial charge in [-0.2, -0.15) is 0 Å². The van der Waals surface area contributed by atoms with Crippen molar-refractivity contribution in [3.05, 3.63) is 42.6 Å². The molecule has 0 bridgehead atoms. The Bertz CT molecular complexity index is 1140. The molecule has 0 spiro atoms. The summed E-state index contributed by atoms with van der Waals surface area (Å²) in [7, 11) is 0. The second-order valence-corrected chi connectivity index (χ2v) is 10.3. The molecule has 0 atom stereocenters. The number of aromatic nitrogens is 4. The van der Waals surface area contributed by atoms with Crippen molar-refractivity contribution in [1.82, 2.24) is 30.2 Å². The summed E-state index contributed by atoms with van der Waals surface area (Å²) >= 11 is 1.54. The summed E-state index contributed by atoms with van der Waals surface area (Å²) in [5.74, 6) is 1.99. The first-order valence-electron chi connectivity index (χ1n) is 12.1. The molecule has 0 radical (unpaired) electrons. The number of carbonyl (C=O) groups excluding carboxylic acids is 2. The lowest BCUT2D eigenvalue weighted by Crippen LogP contribution is -2.34. The van der Waals surface area contributed by atoms with Crippen LogP contribution in [0.25, 0.3) is 10.4 Å². The van der Waals surface area contributed by atoms with Crippen molar-refractivity contribution < 1.29 is 14.3 Å². The van der Waals surface area contributed by atoms with E-state index in [0.717, 1.165) is 41.5 Å². The standard InChI is InChI=1S/C16H17N7OS.C9H17NO2/c1-11-21-14(19-7-6-18-10-24)8-15(22-11)23-16-20-9-13(25-16)12-2-4-17-5-3-12;1-9(2,3)12-8(11)10-6-4-5-7-10/h2-5,8-10H,6-7H2,1H3,(H,18,24)(H2,19,20,21,22,23);4-7H2,1-3H3. The second kappa shape index (κ2) is 13.5. The largest absolute Gasteiger partial charge is 0.444 e. The zero-order chi connectivity index (χ0) is 26.7. The predicted octanol–water partition coefficient (Wildman–Crippen LogP) is 4.22. The molecule has 1 saturated heterocycles. The summed E-state index contributed by atoms with van der Waals surface area (Å²) in [5.41, 5.74) is 0.712. The second-order valence-electron chi connectivity index (χ2n) is 9.25. The highest BCUT2D eigenvalue weighted by molar-refractivity contribution is 7.18. The van der Waals surface area contributed by atoms with Gasteiger partial charge in [0.25, 0.3) is 0 Å². The maximum atomic E-state index is 11.4. The van der Waals surface area contributed by atoms with Gasteiger partial charge in [-0.1, -0.05) is 11.3 Å². The molecule has 12 heteroatoms. The molecule has 0 aliphatic carbocycles. The SMILES string of the molecule is CC(C)(C)OC(=O)N1CCCC1.Cc1nc(NCCNC=O)cc(Nc2ncc(-c3ccncc3)s2)n1. The van der Waals surface area contributed by atoms with Gasteiger partial charge in [0.15, 0.2) is 5.13 Å². The molecule has 0 unspecified atom stereocenters. The van der Waals surface area contributed by atoms with Crippen LogP contribution in [0.5, 0.6) is 0 Å². The van der Waals surface area contributed by atoms with Crippen LogP contribution >= 0.6 is 11.3 Å². The first kappa shape index (κ1) is 27.8. The fraction of sp³-hybridized carbons (Fsp3) is 0.440. The quantitative estimate of drug-likeness (QED) is 0.291. The van der Waals surface area contributed by atoms with Crippen LogP contribution in [0.3, 0.4) is 0 Å². The van der Waals surface area contributed by atoms with E-state index in [1.54, 1.807) is 23.4 Å². The maximum absolute atomic E-state index is 11.4. The topological polar surface area (TPSA) is 134 Å². The summed E-state index contributed by atoms with van der Waals surface area (Å²) in [6, 6.07) is 5.70. The lowest BCUT2D eigenvalue weighted by atomic mass is 10.2. The third-order valence-electron chi connectivity index (χ3n) is 4.96. The average Bonchev–Trinajstić information content (AvgIpc) is 3.54. The Morgan fingerprint density at radius 3 is 2.51 bits per heavy atom. The molecule has 37 heavy (non-hydrogen) atoms. The van der Waals surface area contributed by atoms with E-state index >= 15 is 0 Å². The number of aryl methyl sites for hydroxylation is 1. The lowest BCUT2D eigenvalue weighted by Gasteiger charge is -2.23. The van der Waals surface area contributed by atoms with E-state index in [1.807, 2.05) is 46.0 Å². The molecule has 11 nitrogen and oxygen atoms in total. The molecule has 3 N–H and O–H groups in total. The number of amides is 2. The van der Waals surface area contributed by atoms with Crippen molar-refractivity contribution in [3.8, 4) is 10.4 Å². The highest BCUT2D eigenvalue weighted by Crippen LogP contribution is 2.30. The van der Waals surface area contributed by atoms with Gasteiger partial charge in [-0.05, 0) is 58.2 Å². The van der Waals surface area contributed by atoms with Gasteiger partial charge in [-0.3, -0.25) is 9.78 Å². The molecular weight excluding hydrogens is 492 g/mol. The number of thiazole rings is 1. The first-order chi connectivity index (χ1) is 17.7. The van der Waals surface area contributed by atoms with Crippen LogP contribution in [-0.4, -0.2) is 69.1 Å². The van der Waals surface area contributed by atoms with E-state index in [2.05, 4.69) is 35.9 Å². The van der Waals surface area contributed by atoms with Crippen LogP contribution in [0.4, 0.5) is 21.6 Å². The van der Waals surface area contributed by atoms with Gasteiger partial charge in [-0.15, -0.1) is 0 Å². The summed E-state index contributed by atoms with van der Waals surface area (Å²) in [4.78, 5) is 41.5. The van der Waals surface area contributed by atoms with Gasteiger partial charge in [0, 0.05) is 50.8 Å². The molecule has 1 aliphatic heterocycles. The third-order valence-corrected chi connectivity index (χ3v) is 5.92. The van der Waals surface area contributed by atoms with Gasteiger partial charge >= 0.3 is 6.09 Å². The van der Waals surface area contributed by atoms with Crippen LogP contribution in [0.2, 0.25) is 0 Å². The minimum absolute atomic E-state index is 0.167. The molecule has 3 aromatic heterocycles. The van der Waals surface area contributed by atoms with E-state index in [9.17, 15) is 9.59 Å². The smallest absolute Gasteiger partial charge is 0.410 e. The highest BCUT2D eigenvalue weighted by atomic mass is 32.1. The number of nitrogens with one attached hydrogen (secondary N) is 3. The summed E-state index contributed by atoms with van der Waals surface area (Å²) < 4.78 is 5.21. The lowest BCUT2D eigenvalue weighted by molar-refractivity contribution is -0.109. The molecule has 0 aromatic carbocycles. The number of nitrogens with zero attached hydrogens (tertiary/aromatic N) is 5. The van der Waals surface area contributed by atoms with Gasteiger partial charge in [0.05, 0.1) is 4.88 Å². The molecule has 1 fully saturated rings. The van der Waals surface area contributed by atoms with E-state index in [1.165, 1.54) is 11.3 Å². The molecule has 2 amide bonds. The predicted molar refractivity (Wildman–Crippen MR) is 145 cm³/mol. The fourth-order valence-corrected chi connectivity index (χ4v) is 4.19. The van der Waals surface area contributed by atoms with Gasteiger partial charge < -0.3 is 25.6 Å². The minimum atomic E-state index is -0.361. The number of anilines is 3. The van der Waals surface area contributed by atoms with Gasteiger partial charge in [-0.25, -0.2) is 19.7 Å². The monoisotopic (exact) mass is 526 g/mol. The molecule has 198 valence electrons. The molecule has 4 rings (SSSR count). The van der Waals surface area contributed by atoms with E-state index in [0.29, 0.717) is 37.0 Å². The Morgan fingerprint density at radius 1 is 1.14 bits per heavy atom. The van der Waals surface area contributed by atoms with E-state index in [4.69, 9.17) is 4.74 Å². The molecule has 3 aromatic rings. The van der Waals surface area contributed by atoms with E-state index < -0.39 is 0 Å². The van der Waals surface area contributed by atoms with Crippen molar-refractivity contribution in [1.29, 1.82) is 0 Å². The van der Waals surface area contributed by atoms with Gasteiger partial charge in [0.2, 0.25) is 6.41 Å². The fourth-order valence-electron chi connectivity index (χ4n) is 3.36. The number of likely N-dealkylation sites (tertiary alicyclic amines) is 1. The van der Waals surface area contributed by atoms with Crippen molar-refractivity contribution in [3.63, 3.8) is 0 Å². The molecule has 4 heterocycles. The maximum Gasteiger partial charge on any atom is 0.410 e. The number of rotatable bonds is 8. The number of carbonyl (C=O) groups is 2. The number of pyridine rings is 1. The van der Waals surface area contributed by atoms with Crippen LogP contribution < -0.4 is 16.0 Å². The van der Waals surface area contributed by atoms with E-state index in [-0.39, 0.29) is 11.7 Å². The average molecular weight is 527 g/mol. The number of ether oxygens (including phenoxy) is 1. The van der Waals surface area contributed by atoms with Crippen LogP contribution in [0.15, 0.2) is 36.8 Å². The Balaban J connectivity index is 0.000000266. The van der Waals surface area contributed by atoms with Crippen LogP contribution in [-0.2, 0) is 9.53 Å². The molecule has 0 saturated carbocycles. The third kappa shape index (κ3) is 9.64. The van der Waals surface area contributed by atoms with Crippen molar-refractivity contribution in [2.45, 2.75) is 46.1 Å². The first-order valence-corrected chi connectivity index (χ1v) is 12.9. The highest BCUT2D eigenvalue weighted by Gasteiger charge is 2.23.